The number of piperazine rings is 1. The quantitative estimate of drug-likeness (QED) is 0.828. The standard InChI is InChI=1S/C15H22N2O2/c1-11-9-16-10-15(2,3)17(11)13-8-6-5-7-12(13)14(18)19-4/h5-8,11,16H,9-10H2,1-4H3. The molecule has 0 amide bonds. The minimum Gasteiger partial charge on any atom is -0.465 e. The number of nitrogens with one attached hydrogen (secondary N) is 1. The van der Waals surface area contributed by atoms with Crippen molar-refractivity contribution < 1.29 is 9.53 Å². The van der Waals surface area contributed by atoms with Gasteiger partial charge in [-0.1, -0.05) is 12.1 Å². The summed E-state index contributed by atoms with van der Waals surface area (Å²) in [5.41, 5.74) is 1.54. The maximum absolute atomic E-state index is 11.9. The van der Waals surface area contributed by atoms with Crippen molar-refractivity contribution in [2.24, 2.45) is 0 Å². The molecular weight excluding hydrogens is 240 g/mol. The van der Waals surface area contributed by atoms with Crippen LogP contribution in [0.2, 0.25) is 0 Å². The van der Waals surface area contributed by atoms with Gasteiger partial charge in [0, 0.05) is 24.7 Å². The number of esters is 1. The lowest BCUT2D eigenvalue weighted by molar-refractivity contribution is 0.0601. The highest BCUT2D eigenvalue weighted by Gasteiger charge is 2.36. The number of anilines is 1. The first-order valence-electron chi connectivity index (χ1n) is 6.65. The van der Waals surface area contributed by atoms with Crippen molar-refractivity contribution in [3.8, 4) is 0 Å². The lowest BCUT2D eigenvalue weighted by atomic mass is 9.94. The molecule has 1 fully saturated rings. The molecule has 4 nitrogen and oxygen atoms in total. The highest BCUT2D eigenvalue weighted by molar-refractivity contribution is 5.96. The molecule has 1 aromatic carbocycles. The molecule has 4 heteroatoms. The Bertz CT molecular complexity index is 471. The van der Waals surface area contributed by atoms with Gasteiger partial charge in [-0.15, -0.1) is 0 Å². The van der Waals surface area contributed by atoms with Crippen LogP contribution in [-0.4, -0.2) is 37.7 Å². The van der Waals surface area contributed by atoms with E-state index in [0.29, 0.717) is 11.6 Å². The summed E-state index contributed by atoms with van der Waals surface area (Å²) in [6.45, 7) is 8.35. The smallest absolute Gasteiger partial charge is 0.339 e. The average Bonchev–Trinajstić information content (AvgIpc) is 2.37. The minimum atomic E-state index is -0.280. The number of methoxy groups -OCH3 is 1. The summed E-state index contributed by atoms with van der Waals surface area (Å²) >= 11 is 0. The number of para-hydroxylation sites is 1. The topological polar surface area (TPSA) is 41.6 Å². The number of rotatable bonds is 2. The maximum atomic E-state index is 11.9. The zero-order chi connectivity index (χ0) is 14.0. The summed E-state index contributed by atoms with van der Waals surface area (Å²) in [6, 6.07) is 7.99. The molecule has 0 aliphatic carbocycles. The van der Waals surface area contributed by atoms with E-state index in [1.165, 1.54) is 7.11 Å². The van der Waals surface area contributed by atoms with Gasteiger partial charge in [0.15, 0.2) is 0 Å². The van der Waals surface area contributed by atoms with Gasteiger partial charge in [0.1, 0.15) is 0 Å². The van der Waals surface area contributed by atoms with Gasteiger partial charge in [0.05, 0.1) is 18.4 Å². The minimum absolute atomic E-state index is 0.0399. The van der Waals surface area contributed by atoms with Crippen LogP contribution in [0.1, 0.15) is 31.1 Å². The SMILES string of the molecule is COC(=O)c1ccccc1N1C(C)CNCC1(C)C. The zero-order valence-corrected chi connectivity index (χ0v) is 12.1. The van der Waals surface area contributed by atoms with Gasteiger partial charge in [-0.3, -0.25) is 0 Å². The monoisotopic (exact) mass is 262 g/mol. The molecule has 19 heavy (non-hydrogen) atoms. The normalized spacial score (nSPS) is 22.1. The summed E-state index contributed by atoms with van der Waals surface area (Å²) in [5, 5.41) is 3.43. The summed E-state index contributed by atoms with van der Waals surface area (Å²) in [7, 11) is 1.42. The van der Waals surface area contributed by atoms with Crippen LogP contribution in [0.15, 0.2) is 24.3 Å². The lowest BCUT2D eigenvalue weighted by Crippen LogP contribution is -2.62. The molecule has 1 aliphatic heterocycles. The molecule has 1 unspecified atom stereocenters. The highest BCUT2D eigenvalue weighted by Crippen LogP contribution is 2.31. The largest absolute Gasteiger partial charge is 0.465 e. The van der Waals surface area contributed by atoms with Crippen LogP contribution in [-0.2, 0) is 4.74 Å². The second kappa shape index (κ2) is 5.21. The Kier molecular flexibility index (Phi) is 3.80. The fourth-order valence-corrected chi connectivity index (χ4v) is 2.89. The molecule has 104 valence electrons. The third-order valence-electron chi connectivity index (χ3n) is 3.66. The van der Waals surface area contributed by atoms with Crippen LogP contribution in [0, 0.1) is 0 Å². The molecule has 2 rings (SSSR count). The molecule has 1 heterocycles. The van der Waals surface area contributed by atoms with Crippen molar-refractivity contribution in [1.82, 2.24) is 5.32 Å². The van der Waals surface area contributed by atoms with Crippen LogP contribution in [0.4, 0.5) is 5.69 Å². The number of benzene rings is 1. The van der Waals surface area contributed by atoms with Gasteiger partial charge < -0.3 is 15.0 Å². The van der Waals surface area contributed by atoms with Crippen molar-refractivity contribution in [3.63, 3.8) is 0 Å². The Morgan fingerprint density at radius 1 is 1.42 bits per heavy atom. The number of carbonyl (C=O) groups excluding carboxylic acids is 1. The summed E-state index contributed by atoms with van der Waals surface area (Å²) in [5.74, 6) is -0.280. The number of carbonyl (C=O) groups is 1. The highest BCUT2D eigenvalue weighted by atomic mass is 16.5. The molecule has 0 bridgehead atoms. The lowest BCUT2D eigenvalue weighted by Gasteiger charge is -2.49. The fraction of sp³-hybridized carbons (Fsp3) is 0.533. The van der Waals surface area contributed by atoms with Crippen LogP contribution in [0.25, 0.3) is 0 Å². The van der Waals surface area contributed by atoms with Crippen molar-refractivity contribution in [2.45, 2.75) is 32.4 Å². The zero-order valence-electron chi connectivity index (χ0n) is 12.1. The van der Waals surface area contributed by atoms with Crippen LogP contribution >= 0.6 is 0 Å². The second-order valence-electron chi connectivity index (χ2n) is 5.67. The van der Waals surface area contributed by atoms with E-state index in [2.05, 4.69) is 31.0 Å². The molecule has 0 aromatic heterocycles. The van der Waals surface area contributed by atoms with Crippen molar-refractivity contribution in [2.75, 3.05) is 25.1 Å². The fourth-order valence-electron chi connectivity index (χ4n) is 2.89. The predicted octanol–water partition coefficient (Wildman–Crippen LogP) is 2.05. The first-order valence-corrected chi connectivity index (χ1v) is 6.65. The van der Waals surface area contributed by atoms with E-state index in [1.807, 2.05) is 24.3 Å². The molecule has 1 aromatic rings. The van der Waals surface area contributed by atoms with E-state index in [0.717, 1.165) is 18.8 Å². The number of hydrogen-bond donors (Lipinski definition) is 1. The van der Waals surface area contributed by atoms with Crippen molar-refractivity contribution >= 4 is 11.7 Å². The molecule has 0 spiro atoms. The van der Waals surface area contributed by atoms with E-state index in [-0.39, 0.29) is 11.5 Å². The molecule has 1 atom stereocenters. The molecule has 1 N–H and O–H groups in total. The molecule has 0 radical (unpaired) electrons. The number of hydrogen-bond acceptors (Lipinski definition) is 4. The Balaban J connectivity index is 2.47. The summed E-state index contributed by atoms with van der Waals surface area (Å²) in [6.07, 6.45) is 0. The number of ether oxygens (including phenoxy) is 1. The van der Waals surface area contributed by atoms with E-state index in [9.17, 15) is 4.79 Å². The molecular formula is C15H22N2O2. The van der Waals surface area contributed by atoms with E-state index in [4.69, 9.17) is 4.74 Å². The summed E-state index contributed by atoms with van der Waals surface area (Å²) < 4.78 is 4.89. The Morgan fingerprint density at radius 3 is 2.74 bits per heavy atom. The van der Waals surface area contributed by atoms with Gasteiger partial charge in [-0.05, 0) is 32.9 Å². The predicted molar refractivity (Wildman–Crippen MR) is 76.7 cm³/mol. The van der Waals surface area contributed by atoms with Gasteiger partial charge in [0.2, 0.25) is 0 Å². The average molecular weight is 262 g/mol. The van der Waals surface area contributed by atoms with E-state index < -0.39 is 0 Å². The van der Waals surface area contributed by atoms with Crippen LogP contribution in [0.5, 0.6) is 0 Å². The summed E-state index contributed by atoms with van der Waals surface area (Å²) in [4.78, 5) is 14.2. The molecule has 1 aliphatic rings. The Labute approximate surface area is 114 Å². The van der Waals surface area contributed by atoms with E-state index >= 15 is 0 Å². The molecule has 0 saturated carbocycles. The van der Waals surface area contributed by atoms with Crippen molar-refractivity contribution in [3.05, 3.63) is 29.8 Å². The Morgan fingerprint density at radius 2 is 2.11 bits per heavy atom. The Hall–Kier alpha value is -1.55. The third-order valence-corrected chi connectivity index (χ3v) is 3.66. The van der Waals surface area contributed by atoms with Gasteiger partial charge in [-0.25, -0.2) is 4.79 Å². The second-order valence-corrected chi connectivity index (χ2v) is 5.67. The van der Waals surface area contributed by atoms with Crippen LogP contribution in [0.3, 0.4) is 0 Å². The first kappa shape index (κ1) is 13.9. The maximum Gasteiger partial charge on any atom is 0.339 e. The van der Waals surface area contributed by atoms with Gasteiger partial charge in [0.25, 0.3) is 0 Å². The first-order chi connectivity index (χ1) is 8.97. The van der Waals surface area contributed by atoms with Gasteiger partial charge >= 0.3 is 5.97 Å². The number of nitrogens with zero attached hydrogens (tertiary/aromatic N) is 1. The van der Waals surface area contributed by atoms with Crippen LogP contribution < -0.4 is 10.2 Å². The molecule has 1 saturated heterocycles. The van der Waals surface area contributed by atoms with E-state index in [1.54, 1.807) is 0 Å². The third kappa shape index (κ3) is 2.59. The van der Waals surface area contributed by atoms with Gasteiger partial charge in [-0.2, -0.15) is 0 Å². The van der Waals surface area contributed by atoms with Crippen molar-refractivity contribution in [1.29, 1.82) is 0 Å².